The number of primary amides is 1. The Labute approximate surface area is 164 Å². The molecule has 2 N–H and O–H groups in total. The average Bonchev–Trinajstić information content (AvgIpc) is 3.12. The summed E-state index contributed by atoms with van der Waals surface area (Å²) in [6, 6.07) is 11.7. The van der Waals surface area contributed by atoms with E-state index in [1.165, 1.54) is 12.1 Å². The summed E-state index contributed by atoms with van der Waals surface area (Å²) in [5.74, 6) is 0.480. The Morgan fingerprint density at radius 2 is 2.11 bits per heavy atom. The fourth-order valence-electron chi connectivity index (χ4n) is 2.35. The Balaban J connectivity index is 1.63. The highest BCUT2D eigenvalue weighted by Gasteiger charge is 2.18. The summed E-state index contributed by atoms with van der Waals surface area (Å²) in [6.45, 7) is 2.08. The maximum absolute atomic E-state index is 11.2. The van der Waals surface area contributed by atoms with Crippen LogP contribution in [0.1, 0.15) is 27.4 Å². The maximum atomic E-state index is 11.2. The maximum Gasteiger partial charge on any atom is 0.277 e. The highest BCUT2D eigenvalue weighted by Crippen LogP contribution is 2.28. The lowest BCUT2D eigenvalue weighted by Gasteiger charge is -2.04. The molecule has 0 aliphatic carbocycles. The number of thioether (sulfide) groups is 1. The Kier molecular flexibility index (Phi) is 5.90. The molecule has 0 aliphatic heterocycles. The number of aromatic nitrogens is 2. The van der Waals surface area contributed by atoms with Crippen molar-refractivity contribution in [2.24, 2.45) is 5.73 Å². The lowest BCUT2D eigenvalue weighted by atomic mass is 10.1. The zero-order chi connectivity index (χ0) is 20.1. The second-order valence-corrected chi connectivity index (χ2v) is 6.75. The van der Waals surface area contributed by atoms with Crippen molar-refractivity contribution in [2.75, 3.05) is 0 Å². The summed E-state index contributed by atoms with van der Waals surface area (Å²) < 4.78 is 11.1. The van der Waals surface area contributed by atoms with E-state index in [4.69, 9.17) is 14.9 Å². The van der Waals surface area contributed by atoms with Gasteiger partial charge in [-0.25, -0.2) is 0 Å². The van der Waals surface area contributed by atoms with E-state index in [0.29, 0.717) is 17.2 Å². The minimum Gasteiger partial charge on any atom is -0.484 e. The molecule has 0 saturated heterocycles. The minimum absolute atomic E-state index is 0.0776. The molecular weight excluding hydrogens is 384 g/mol. The van der Waals surface area contributed by atoms with Gasteiger partial charge in [0.25, 0.3) is 16.8 Å². The van der Waals surface area contributed by atoms with Crippen LogP contribution in [-0.2, 0) is 12.4 Å². The summed E-state index contributed by atoms with van der Waals surface area (Å²) in [6.07, 6.45) is 0. The predicted molar refractivity (Wildman–Crippen MR) is 101 cm³/mol. The molecule has 1 aromatic heterocycles. The molecule has 0 spiro atoms. The number of carbonyl (C=O) groups is 1. The van der Waals surface area contributed by atoms with Crippen molar-refractivity contribution in [3.8, 4) is 5.75 Å². The zero-order valence-corrected chi connectivity index (χ0v) is 15.6. The Hall–Kier alpha value is -3.40. The molecular formula is C18H16N4O5S. The second-order valence-electron chi connectivity index (χ2n) is 5.82. The number of nitrogens with zero attached hydrogens (tertiary/aromatic N) is 3. The Bertz CT molecular complexity index is 1020. The normalized spacial score (nSPS) is 10.6. The van der Waals surface area contributed by atoms with E-state index in [2.05, 4.69) is 10.2 Å². The van der Waals surface area contributed by atoms with Crippen LogP contribution in [0.2, 0.25) is 0 Å². The number of nitro benzene ring substituents is 1. The summed E-state index contributed by atoms with van der Waals surface area (Å²) in [5.41, 5.74) is 6.54. The van der Waals surface area contributed by atoms with Crippen LogP contribution in [0.15, 0.2) is 52.1 Å². The first-order chi connectivity index (χ1) is 13.4. The number of hydrogen-bond donors (Lipinski definition) is 1. The van der Waals surface area contributed by atoms with Gasteiger partial charge in [-0.1, -0.05) is 30.0 Å². The van der Waals surface area contributed by atoms with Gasteiger partial charge in [0.1, 0.15) is 5.75 Å². The number of carbonyl (C=O) groups excluding carboxylic acids is 1. The van der Waals surface area contributed by atoms with Crippen molar-refractivity contribution < 1.29 is 18.9 Å². The number of nitrogens with two attached hydrogens (primary N) is 1. The van der Waals surface area contributed by atoms with Gasteiger partial charge >= 0.3 is 0 Å². The molecule has 0 atom stereocenters. The summed E-state index contributed by atoms with van der Waals surface area (Å²) in [5, 5.41) is 19.3. The second kappa shape index (κ2) is 8.53. The van der Waals surface area contributed by atoms with Crippen LogP contribution in [0.25, 0.3) is 0 Å². The molecule has 0 radical (unpaired) electrons. The van der Waals surface area contributed by atoms with Gasteiger partial charge in [-0.15, -0.1) is 10.2 Å². The number of amides is 1. The zero-order valence-electron chi connectivity index (χ0n) is 14.8. The average molecular weight is 400 g/mol. The standard InChI is InChI=1S/C18H16N4O5S/c1-11-3-2-4-14(7-11)26-9-16-20-21-18(27-16)28-10-13-6-5-12(17(19)23)8-15(13)22(24)25/h2-8H,9-10H2,1H3,(H2,19,23). The lowest BCUT2D eigenvalue weighted by molar-refractivity contribution is -0.385. The third-order valence-electron chi connectivity index (χ3n) is 3.72. The van der Waals surface area contributed by atoms with Crippen molar-refractivity contribution in [1.29, 1.82) is 0 Å². The van der Waals surface area contributed by atoms with Crippen LogP contribution in [0.5, 0.6) is 5.75 Å². The van der Waals surface area contributed by atoms with Crippen LogP contribution in [-0.4, -0.2) is 21.0 Å². The lowest BCUT2D eigenvalue weighted by Crippen LogP contribution is -2.11. The van der Waals surface area contributed by atoms with Gasteiger partial charge in [0, 0.05) is 22.9 Å². The van der Waals surface area contributed by atoms with E-state index in [9.17, 15) is 14.9 Å². The van der Waals surface area contributed by atoms with E-state index in [1.807, 2.05) is 31.2 Å². The van der Waals surface area contributed by atoms with E-state index in [0.717, 1.165) is 23.4 Å². The van der Waals surface area contributed by atoms with E-state index >= 15 is 0 Å². The highest BCUT2D eigenvalue weighted by atomic mass is 32.2. The molecule has 144 valence electrons. The number of benzene rings is 2. The van der Waals surface area contributed by atoms with Crippen molar-refractivity contribution in [3.63, 3.8) is 0 Å². The number of ether oxygens (including phenoxy) is 1. The number of rotatable bonds is 8. The Morgan fingerprint density at radius 3 is 2.82 bits per heavy atom. The van der Waals surface area contributed by atoms with Gasteiger partial charge in [-0.05, 0) is 30.7 Å². The molecule has 9 nitrogen and oxygen atoms in total. The smallest absolute Gasteiger partial charge is 0.277 e. The first-order valence-electron chi connectivity index (χ1n) is 8.14. The summed E-state index contributed by atoms with van der Waals surface area (Å²) >= 11 is 1.15. The third kappa shape index (κ3) is 4.86. The molecule has 0 fully saturated rings. The van der Waals surface area contributed by atoms with Crippen molar-refractivity contribution in [2.45, 2.75) is 24.5 Å². The fourth-order valence-corrected chi connectivity index (χ4v) is 3.13. The highest BCUT2D eigenvalue weighted by molar-refractivity contribution is 7.98. The molecule has 0 aliphatic rings. The van der Waals surface area contributed by atoms with Crippen LogP contribution in [0, 0.1) is 17.0 Å². The molecule has 2 aromatic carbocycles. The van der Waals surface area contributed by atoms with Crippen LogP contribution < -0.4 is 10.5 Å². The fraction of sp³-hybridized carbons (Fsp3) is 0.167. The molecule has 3 rings (SSSR count). The van der Waals surface area contributed by atoms with Crippen molar-refractivity contribution in [1.82, 2.24) is 10.2 Å². The Morgan fingerprint density at radius 1 is 1.29 bits per heavy atom. The molecule has 3 aromatic rings. The first kappa shape index (κ1) is 19.4. The quantitative estimate of drug-likeness (QED) is 0.346. The SMILES string of the molecule is Cc1cccc(OCc2nnc(SCc3ccc(C(N)=O)cc3[N+](=O)[O-])o2)c1. The van der Waals surface area contributed by atoms with Crippen LogP contribution in [0.4, 0.5) is 5.69 Å². The number of aryl methyl sites for hydroxylation is 1. The van der Waals surface area contributed by atoms with Gasteiger partial charge in [-0.3, -0.25) is 14.9 Å². The predicted octanol–water partition coefficient (Wildman–Crippen LogP) is 3.26. The largest absolute Gasteiger partial charge is 0.484 e. The first-order valence-corrected chi connectivity index (χ1v) is 9.12. The van der Waals surface area contributed by atoms with Gasteiger partial charge in [0.2, 0.25) is 5.91 Å². The molecule has 1 heterocycles. The van der Waals surface area contributed by atoms with Gasteiger partial charge < -0.3 is 14.9 Å². The van der Waals surface area contributed by atoms with Crippen LogP contribution >= 0.6 is 11.8 Å². The molecule has 0 bridgehead atoms. The van der Waals surface area contributed by atoms with Crippen molar-refractivity contribution in [3.05, 3.63) is 75.2 Å². The monoisotopic (exact) mass is 400 g/mol. The van der Waals surface area contributed by atoms with Crippen LogP contribution in [0.3, 0.4) is 0 Å². The molecule has 0 unspecified atom stereocenters. The van der Waals surface area contributed by atoms with E-state index < -0.39 is 10.8 Å². The molecule has 10 heteroatoms. The number of nitro groups is 1. The minimum atomic E-state index is -0.725. The molecule has 0 saturated carbocycles. The van der Waals surface area contributed by atoms with Gasteiger partial charge in [0.15, 0.2) is 6.61 Å². The third-order valence-corrected chi connectivity index (χ3v) is 4.59. The number of hydrogen-bond acceptors (Lipinski definition) is 8. The van der Waals surface area contributed by atoms with Gasteiger partial charge in [-0.2, -0.15) is 0 Å². The van der Waals surface area contributed by atoms with E-state index in [-0.39, 0.29) is 28.8 Å². The van der Waals surface area contributed by atoms with Crippen molar-refractivity contribution >= 4 is 23.4 Å². The summed E-state index contributed by atoms with van der Waals surface area (Å²) in [4.78, 5) is 21.9. The topological polar surface area (TPSA) is 134 Å². The van der Waals surface area contributed by atoms with E-state index in [1.54, 1.807) is 0 Å². The van der Waals surface area contributed by atoms with Gasteiger partial charge in [0.05, 0.1) is 4.92 Å². The molecule has 28 heavy (non-hydrogen) atoms. The molecule has 1 amide bonds. The summed E-state index contributed by atoms with van der Waals surface area (Å²) in [7, 11) is 0.